The Morgan fingerprint density at radius 1 is 1.40 bits per heavy atom. The summed E-state index contributed by atoms with van der Waals surface area (Å²) in [6.07, 6.45) is 4.86. The topological polar surface area (TPSA) is 29.1 Å². The fourth-order valence-electron chi connectivity index (χ4n) is 1.72. The predicted molar refractivity (Wildman–Crippen MR) is 67.6 cm³/mol. The molecule has 1 saturated carbocycles. The maximum Gasteiger partial charge on any atom is 0.0394 e. The summed E-state index contributed by atoms with van der Waals surface area (Å²) in [5.74, 6) is 1.67. The zero-order valence-electron chi connectivity index (χ0n) is 10.3. The van der Waals surface area contributed by atoms with Crippen LogP contribution < -0.4 is 5.32 Å². The van der Waals surface area contributed by atoms with E-state index in [0.29, 0.717) is 11.3 Å². The first-order valence-electron chi connectivity index (χ1n) is 6.29. The largest absolute Gasteiger partial charge is 0.313 e. The highest BCUT2D eigenvalue weighted by Gasteiger charge is 2.32. The van der Waals surface area contributed by atoms with Crippen molar-refractivity contribution in [1.82, 2.24) is 5.32 Å². The average Bonchev–Trinajstić information content (AvgIpc) is 3.06. The van der Waals surface area contributed by atoms with Gasteiger partial charge in [-0.3, -0.25) is 4.21 Å². The summed E-state index contributed by atoms with van der Waals surface area (Å²) in [7, 11) is -0.641. The Bertz CT molecular complexity index is 204. The third-order valence-electron chi connectivity index (χ3n) is 3.22. The van der Waals surface area contributed by atoms with Gasteiger partial charge in [0.25, 0.3) is 0 Å². The second kappa shape index (κ2) is 6.64. The van der Waals surface area contributed by atoms with Crippen molar-refractivity contribution >= 4 is 10.8 Å². The van der Waals surface area contributed by atoms with Gasteiger partial charge in [0.2, 0.25) is 0 Å². The first kappa shape index (κ1) is 13.2. The molecule has 3 unspecified atom stereocenters. The van der Waals surface area contributed by atoms with E-state index in [1.165, 1.54) is 19.3 Å². The van der Waals surface area contributed by atoms with E-state index in [4.69, 9.17) is 0 Å². The molecule has 0 aromatic heterocycles. The van der Waals surface area contributed by atoms with Gasteiger partial charge in [0, 0.05) is 27.8 Å². The Morgan fingerprint density at radius 3 is 2.53 bits per heavy atom. The second-order valence-corrected chi connectivity index (χ2v) is 6.56. The van der Waals surface area contributed by atoms with Crippen LogP contribution in [0.4, 0.5) is 0 Å². The third-order valence-corrected chi connectivity index (χ3v) is 5.13. The zero-order valence-corrected chi connectivity index (χ0v) is 11.1. The Balaban J connectivity index is 2.33. The van der Waals surface area contributed by atoms with Crippen LogP contribution in [0.15, 0.2) is 0 Å². The van der Waals surface area contributed by atoms with E-state index in [2.05, 4.69) is 26.1 Å². The van der Waals surface area contributed by atoms with Gasteiger partial charge in [0.1, 0.15) is 0 Å². The SMILES string of the molecule is CCCNC(CS(=O)C(C)CC)C1CC1. The minimum Gasteiger partial charge on any atom is -0.313 e. The summed E-state index contributed by atoms with van der Waals surface area (Å²) in [5, 5.41) is 3.90. The minimum atomic E-state index is -0.641. The summed E-state index contributed by atoms with van der Waals surface area (Å²) >= 11 is 0. The second-order valence-electron chi connectivity index (χ2n) is 4.66. The van der Waals surface area contributed by atoms with Crippen molar-refractivity contribution in [2.45, 2.75) is 57.7 Å². The summed E-state index contributed by atoms with van der Waals surface area (Å²) < 4.78 is 12.0. The fourth-order valence-corrected chi connectivity index (χ4v) is 3.16. The lowest BCUT2D eigenvalue weighted by Gasteiger charge is -2.19. The number of rotatable bonds is 8. The lowest BCUT2D eigenvalue weighted by molar-refractivity contribution is 0.497. The van der Waals surface area contributed by atoms with Crippen LogP contribution in [0.2, 0.25) is 0 Å². The van der Waals surface area contributed by atoms with Crippen LogP contribution in [0.1, 0.15) is 46.5 Å². The lowest BCUT2D eigenvalue weighted by atomic mass is 10.2. The van der Waals surface area contributed by atoms with E-state index in [0.717, 1.165) is 24.6 Å². The molecule has 0 heterocycles. The summed E-state index contributed by atoms with van der Waals surface area (Å²) in [6, 6.07) is 0.514. The Morgan fingerprint density at radius 2 is 2.07 bits per heavy atom. The van der Waals surface area contributed by atoms with Crippen molar-refractivity contribution in [1.29, 1.82) is 0 Å². The van der Waals surface area contributed by atoms with Crippen LogP contribution in [-0.2, 0) is 10.8 Å². The molecule has 0 aliphatic heterocycles. The minimum absolute atomic E-state index is 0.356. The molecule has 90 valence electrons. The molecule has 2 nitrogen and oxygen atoms in total. The van der Waals surface area contributed by atoms with E-state index < -0.39 is 10.8 Å². The van der Waals surface area contributed by atoms with Crippen LogP contribution in [0.5, 0.6) is 0 Å². The van der Waals surface area contributed by atoms with Gasteiger partial charge in [0.05, 0.1) is 0 Å². The molecule has 1 N–H and O–H groups in total. The summed E-state index contributed by atoms with van der Waals surface area (Å²) in [4.78, 5) is 0. The van der Waals surface area contributed by atoms with Gasteiger partial charge in [-0.05, 0) is 38.1 Å². The van der Waals surface area contributed by atoms with E-state index >= 15 is 0 Å². The predicted octanol–water partition coefficient (Wildman–Crippen LogP) is 2.31. The van der Waals surface area contributed by atoms with E-state index in [-0.39, 0.29) is 0 Å². The maximum atomic E-state index is 12.0. The molecule has 0 saturated heterocycles. The molecular formula is C12H25NOS. The van der Waals surface area contributed by atoms with E-state index in [1.807, 2.05) is 0 Å². The standard InChI is InChI=1S/C12H25NOS/c1-4-8-13-12(11-6-7-11)9-15(14)10(3)5-2/h10-13H,4-9H2,1-3H3. The van der Waals surface area contributed by atoms with Gasteiger partial charge in [-0.1, -0.05) is 20.8 Å². The third kappa shape index (κ3) is 4.64. The number of hydrogen-bond donors (Lipinski definition) is 1. The van der Waals surface area contributed by atoms with Crippen LogP contribution in [-0.4, -0.2) is 27.8 Å². The summed E-state index contributed by atoms with van der Waals surface area (Å²) in [6.45, 7) is 7.47. The van der Waals surface area contributed by atoms with Crippen molar-refractivity contribution in [2.75, 3.05) is 12.3 Å². The highest BCUT2D eigenvalue weighted by molar-refractivity contribution is 7.85. The molecule has 0 bridgehead atoms. The smallest absolute Gasteiger partial charge is 0.0394 e. The Hall–Kier alpha value is 0.110. The highest BCUT2D eigenvalue weighted by atomic mass is 32.2. The first-order chi connectivity index (χ1) is 7.19. The molecule has 0 spiro atoms. The van der Waals surface area contributed by atoms with E-state index in [1.54, 1.807) is 0 Å². The van der Waals surface area contributed by atoms with Gasteiger partial charge < -0.3 is 5.32 Å². The van der Waals surface area contributed by atoms with Gasteiger partial charge in [-0.25, -0.2) is 0 Å². The van der Waals surface area contributed by atoms with Crippen molar-refractivity contribution in [3.8, 4) is 0 Å². The fraction of sp³-hybridized carbons (Fsp3) is 1.00. The maximum absolute atomic E-state index is 12.0. The Labute approximate surface area is 96.7 Å². The number of nitrogens with one attached hydrogen (secondary N) is 1. The molecule has 0 aromatic carbocycles. The van der Waals surface area contributed by atoms with Gasteiger partial charge in [0.15, 0.2) is 0 Å². The molecule has 0 aromatic rings. The van der Waals surface area contributed by atoms with Crippen molar-refractivity contribution in [3.05, 3.63) is 0 Å². The summed E-state index contributed by atoms with van der Waals surface area (Å²) in [5.41, 5.74) is 0. The molecule has 1 aliphatic carbocycles. The van der Waals surface area contributed by atoms with Gasteiger partial charge >= 0.3 is 0 Å². The Kier molecular flexibility index (Phi) is 5.83. The zero-order chi connectivity index (χ0) is 11.3. The first-order valence-corrected chi connectivity index (χ1v) is 7.67. The molecule has 0 amide bonds. The van der Waals surface area contributed by atoms with Crippen molar-refractivity contribution in [2.24, 2.45) is 5.92 Å². The lowest BCUT2D eigenvalue weighted by Crippen LogP contribution is -2.38. The number of hydrogen-bond acceptors (Lipinski definition) is 2. The van der Waals surface area contributed by atoms with Crippen LogP contribution >= 0.6 is 0 Å². The van der Waals surface area contributed by atoms with Gasteiger partial charge in [-0.2, -0.15) is 0 Å². The molecule has 3 heteroatoms. The van der Waals surface area contributed by atoms with Crippen molar-refractivity contribution < 1.29 is 4.21 Å². The molecule has 1 fully saturated rings. The molecule has 0 radical (unpaired) electrons. The average molecular weight is 231 g/mol. The molecule has 3 atom stereocenters. The molecule has 1 rings (SSSR count). The monoisotopic (exact) mass is 231 g/mol. The van der Waals surface area contributed by atoms with Crippen LogP contribution in [0.25, 0.3) is 0 Å². The van der Waals surface area contributed by atoms with Crippen LogP contribution in [0, 0.1) is 5.92 Å². The molecule has 15 heavy (non-hydrogen) atoms. The normalized spacial score (nSPS) is 22.3. The molecule has 1 aliphatic rings. The van der Waals surface area contributed by atoms with Crippen molar-refractivity contribution in [3.63, 3.8) is 0 Å². The van der Waals surface area contributed by atoms with Crippen LogP contribution in [0.3, 0.4) is 0 Å². The van der Waals surface area contributed by atoms with E-state index in [9.17, 15) is 4.21 Å². The quantitative estimate of drug-likeness (QED) is 0.694. The molecular weight excluding hydrogens is 206 g/mol. The highest BCUT2D eigenvalue weighted by Crippen LogP contribution is 2.33. The van der Waals surface area contributed by atoms with Gasteiger partial charge in [-0.15, -0.1) is 0 Å².